The minimum Gasteiger partial charge on any atom is -0.340 e. The average molecular weight is 290 g/mol. The Morgan fingerprint density at radius 2 is 2.00 bits per heavy atom. The maximum absolute atomic E-state index is 4.28. The predicted molar refractivity (Wildman–Crippen MR) is 91.3 cm³/mol. The minimum absolute atomic E-state index is 0.933. The molecule has 2 heterocycles. The molecule has 0 fully saturated rings. The van der Waals surface area contributed by atoms with Gasteiger partial charge in [-0.2, -0.15) is 0 Å². The quantitative estimate of drug-likeness (QED) is 0.628. The molecular weight excluding hydrogens is 268 g/mol. The van der Waals surface area contributed by atoms with Crippen LogP contribution < -0.4 is 0 Å². The zero-order valence-corrected chi connectivity index (χ0v) is 13.2. The molecule has 0 atom stereocenters. The first-order valence-corrected chi connectivity index (χ1v) is 8.32. The summed E-state index contributed by atoms with van der Waals surface area (Å²) in [6.07, 6.45) is 10.3. The highest BCUT2D eigenvalue weighted by molar-refractivity contribution is 5.86. The number of aromatic nitrogens is 2. The first-order chi connectivity index (χ1) is 10.8. The molecule has 3 aromatic rings. The molecule has 0 saturated heterocycles. The van der Waals surface area contributed by atoms with Gasteiger partial charge < -0.3 is 4.57 Å². The van der Waals surface area contributed by atoms with Crippen molar-refractivity contribution in [3.8, 4) is 0 Å². The van der Waals surface area contributed by atoms with Gasteiger partial charge >= 0.3 is 0 Å². The van der Waals surface area contributed by atoms with Gasteiger partial charge in [-0.15, -0.1) is 0 Å². The lowest BCUT2D eigenvalue weighted by atomic mass is 10.0. The van der Waals surface area contributed by atoms with Crippen LogP contribution in [0.3, 0.4) is 0 Å². The molecule has 1 aliphatic rings. The van der Waals surface area contributed by atoms with Gasteiger partial charge in [0.15, 0.2) is 0 Å². The third-order valence-electron chi connectivity index (χ3n) is 4.85. The summed E-state index contributed by atoms with van der Waals surface area (Å²) in [7, 11) is 0. The van der Waals surface area contributed by atoms with Gasteiger partial charge in [-0.05, 0) is 61.9 Å². The Morgan fingerprint density at radius 1 is 1.09 bits per heavy atom. The third-order valence-corrected chi connectivity index (χ3v) is 4.85. The third kappa shape index (κ3) is 2.33. The van der Waals surface area contributed by atoms with Gasteiger partial charge in [0.05, 0.1) is 0 Å². The van der Waals surface area contributed by atoms with Crippen molar-refractivity contribution in [2.75, 3.05) is 0 Å². The lowest BCUT2D eigenvalue weighted by Crippen LogP contribution is -2.05. The maximum Gasteiger partial charge on any atom is 0.0494 e. The number of hydrogen-bond acceptors (Lipinski definition) is 1. The van der Waals surface area contributed by atoms with Crippen molar-refractivity contribution in [3.05, 3.63) is 65.1 Å². The summed E-state index contributed by atoms with van der Waals surface area (Å²) in [5.41, 5.74) is 7.19. The van der Waals surface area contributed by atoms with Crippen molar-refractivity contribution in [3.63, 3.8) is 0 Å². The number of nitrogens with zero attached hydrogens (tertiary/aromatic N) is 2. The van der Waals surface area contributed by atoms with Crippen LogP contribution in [0.15, 0.2) is 42.7 Å². The normalized spacial score (nSPS) is 14.8. The fourth-order valence-corrected chi connectivity index (χ4v) is 3.78. The molecule has 0 aliphatic heterocycles. The molecule has 2 heteroatoms. The average Bonchev–Trinajstić information content (AvgIpc) is 2.70. The minimum atomic E-state index is 0.933. The van der Waals surface area contributed by atoms with Crippen molar-refractivity contribution in [1.29, 1.82) is 0 Å². The van der Waals surface area contributed by atoms with E-state index in [1.165, 1.54) is 54.1 Å². The Labute approximate surface area is 131 Å². The molecule has 0 radical (unpaired) electrons. The molecule has 0 unspecified atom stereocenters. The molecule has 1 aliphatic carbocycles. The van der Waals surface area contributed by atoms with E-state index in [1.54, 1.807) is 11.3 Å². The number of aryl methyl sites for hydroxylation is 2. The van der Waals surface area contributed by atoms with E-state index in [0.717, 1.165) is 6.54 Å². The van der Waals surface area contributed by atoms with E-state index in [0.29, 0.717) is 0 Å². The van der Waals surface area contributed by atoms with Crippen molar-refractivity contribution in [1.82, 2.24) is 9.55 Å². The number of rotatable bonds is 2. The van der Waals surface area contributed by atoms with E-state index < -0.39 is 0 Å². The van der Waals surface area contributed by atoms with Crippen LogP contribution >= 0.6 is 0 Å². The Morgan fingerprint density at radius 3 is 2.86 bits per heavy atom. The molecule has 0 saturated carbocycles. The fourth-order valence-electron chi connectivity index (χ4n) is 3.78. The van der Waals surface area contributed by atoms with E-state index in [1.807, 2.05) is 18.5 Å². The van der Waals surface area contributed by atoms with Gasteiger partial charge in [0.2, 0.25) is 0 Å². The largest absolute Gasteiger partial charge is 0.340 e. The summed E-state index contributed by atoms with van der Waals surface area (Å²) < 4.78 is 2.53. The number of benzene rings is 1. The van der Waals surface area contributed by atoms with Crippen LogP contribution in [0.2, 0.25) is 0 Å². The maximum atomic E-state index is 4.28. The van der Waals surface area contributed by atoms with Gasteiger partial charge in [-0.1, -0.05) is 24.1 Å². The second-order valence-corrected chi connectivity index (χ2v) is 6.45. The molecule has 0 spiro atoms. The summed E-state index contributed by atoms with van der Waals surface area (Å²) in [5, 5.41) is 1.47. The predicted octanol–water partition coefficient (Wildman–Crippen LogP) is 4.66. The molecule has 22 heavy (non-hydrogen) atoms. The Bertz CT molecular complexity index is 799. The summed E-state index contributed by atoms with van der Waals surface area (Å²) in [5.74, 6) is 0. The monoisotopic (exact) mass is 290 g/mol. The van der Waals surface area contributed by atoms with Gasteiger partial charge in [0.1, 0.15) is 0 Å². The topological polar surface area (TPSA) is 17.8 Å². The second kappa shape index (κ2) is 5.60. The molecule has 0 bridgehead atoms. The van der Waals surface area contributed by atoms with Crippen LogP contribution in [-0.4, -0.2) is 9.55 Å². The first kappa shape index (κ1) is 13.6. The Balaban J connectivity index is 1.90. The van der Waals surface area contributed by atoms with E-state index in [4.69, 9.17) is 0 Å². The zero-order chi connectivity index (χ0) is 14.9. The lowest BCUT2D eigenvalue weighted by molar-refractivity contribution is 0.687. The molecular formula is C20H22N2. The first-order valence-electron chi connectivity index (χ1n) is 8.32. The van der Waals surface area contributed by atoms with Crippen molar-refractivity contribution in [2.45, 2.75) is 45.6 Å². The van der Waals surface area contributed by atoms with Crippen LogP contribution in [0, 0.1) is 6.92 Å². The van der Waals surface area contributed by atoms with E-state index in [2.05, 4.69) is 40.7 Å². The molecule has 4 rings (SSSR count). The van der Waals surface area contributed by atoms with Crippen LogP contribution in [-0.2, 0) is 19.4 Å². The summed E-state index contributed by atoms with van der Waals surface area (Å²) in [6.45, 7) is 3.13. The van der Waals surface area contributed by atoms with Crippen molar-refractivity contribution in [2.24, 2.45) is 0 Å². The smallest absolute Gasteiger partial charge is 0.0494 e. The highest BCUT2D eigenvalue weighted by Gasteiger charge is 2.19. The summed E-state index contributed by atoms with van der Waals surface area (Å²) >= 11 is 0. The van der Waals surface area contributed by atoms with E-state index in [9.17, 15) is 0 Å². The Hall–Kier alpha value is -2.09. The van der Waals surface area contributed by atoms with E-state index >= 15 is 0 Å². The fraction of sp³-hybridized carbons (Fsp3) is 0.350. The zero-order valence-electron chi connectivity index (χ0n) is 13.2. The molecule has 112 valence electrons. The van der Waals surface area contributed by atoms with Crippen LogP contribution in [0.5, 0.6) is 0 Å². The lowest BCUT2D eigenvalue weighted by Gasteiger charge is -2.11. The Kier molecular flexibility index (Phi) is 3.45. The van der Waals surface area contributed by atoms with E-state index in [-0.39, 0.29) is 0 Å². The highest BCUT2D eigenvalue weighted by Crippen LogP contribution is 2.32. The van der Waals surface area contributed by atoms with Crippen molar-refractivity contribution >= 4 is 10.9 Å². The molecule has 2 nitrogen and oxygen atoms in total. The van der Waals surface area contributed by atoms with Gasteiger partial charge in [0.25, 0.3) is 0 Å². The standard InChI is InChI=1S/C20H22N2/c1-15-9-10-20-18(12-15)17-7-3-2-4-8-19(17)22(20)14-16-6-5-11-21-13-16/h5-6,9-13H,2-4,7-8,14H2,1H3. The van der Waals surface area contributed by atoms with Crippen LogP contribution in [0.25, 0.3) is 10.9 Å². The SMILES string of the molecule is Cc1ccc2c(c1)c1c(n2Cc2cccnc2)CCCCC1. The molecule has 0 amide bonds. The van der Waals surface area contributed by atoms with Gasteiger partial charge in [-0.3, -0.25) is 4.98 Å². The van der Waals surface area contributed by atoms with Crippen LogP contribution in [0.1, 0.15) is 41.6 Å². The van der Waals surface area contributed by atoms with Crippen LogP contribution in [0.4, 0.5) is 0 Å². The van der Waals surface area contributed by atoms with Gasteiger partial charge in [0, 0.05) is 35.5 Å². The highest BCUT2D eigenvalue weighted by atomic mass is 15.0. The number of pyridine rings is 1. The number of fused-ring (bicyclic) bond motifs is 3. The molecule has 1 aromatic carbocycles. The number of hydrogen-bond donors (Lipinski definition) is 0. The van der Waals surface area contributed by atoms with Crippen molar-refractivity contribution < 1.29 is 0 Å². The molecule has 2 aromatic heterocycles. The molecule has 0 N–H and O–H groups in total. The summed E-state index contributed by atoms with van der Waals surface area (Å²) in [6, 6.07) is 11.1. The summed E-state index contributed by atoms with van der Waals surface area (Å²) in [4.78, 5) is 4.28. The van der Waals surface area contributed by atoms with Gasteiger partial charge in [-0.25, -0.2) is 0 Å². The second-order valence-electron chi connectivity index (χ2n) is 6.45.